The number of ether oxygens (including phenoxy) is 1. The van der Waals surface area contributed by atoms with E-state index in [9.17, 15) is 5.11 Å². The average Bonchev–Trinajstić information content (AvgIpc) is 2.46. The highest BCUT2D eigenvalue weighted by atomic mass is 32.2. The molecule has 2 atom stereocenters. The number of hydrogen-bond acceptors (Lipinski definition) is 5. The largest absolute Gasteiger partial charge is 0.496 e. The van der Waals surface area contributed by atoms with E-state index in [-0.39, 0.29) is 12.6 Å². The molecular weight excluding hydrogens is 274 g/mol. The van der Waals surface area contributed by atoms with Gasteiger partial charge in [-0.15, -0.1) is 0 Å². The maximum Gasteiger partial charge on any atom is 0.123 e. The molecule has 0 heterocycles. The second-order valence-electron chi connectivity index (χ2n) is 4.73. The van der Waals surface area contributed by atoms with Crippen molar-refractivity contribution in [1.82, 2.24) is 5.32 Å². The topological polar surface area (TPSA) is 61.7 Å². The molecule has 3 N–H and O–H groups in total. The van der Waals surface area contributed by atoms with Gasteiger partial charge in [-0.25, -0.2) is 0 Å². The Morgan fingerprint density at radius 2 is 2.10 bits per heavy atom. The molecule has 4 nitrogen and oxygen atoms in total. The van der Waals surface area contributed by atoms with Gasteiger partial charge in [0.25, 0.3) is 0 Å². The first-order valence-electron chi connectivity index (χ1n) is 6.86. The van der Waals surface area contributed by atoms with Crippen LogP contribution in [0.25, 0.3) is 0 Å². The summed E-state index contributed by atoms with van der Waals surface area (Å²) in [5.74, 6) is 2.24. The summed E-state index contributed by atoms with van der Waals surface area (Å²) in [6, 6.07) is 6.33. The monoisotopic (exact) mass is 299 g/mol. The zero-order valence-corrected chi connectivity index (χ0v) is 13.2. The highest BCUT2D eigenvalue weighted by Gasteiger charge is 2.16. The first-order chi connectivity index (χ1) is 9.62. The third kappa shape index (κ3) is 5.32. The number of aryl methyl sites for hydroxylation is 1. The molecule has 1 aromatic carbocycles. The number of methoxy groups -OCH3 is 1. The molecule has 0 aliphatic heterocycles. The molecule has 5 heteroatoms. The maximum absolute atomic E-state index is 9.40. The number of hydrogen-bond donors (Lipinski definition) is 3. The molecule has 0 fully saturated rings. The van der Waals surface area contributed by atoms with Gasteiger partial charge in [0.15, 0.2) is 0 Å². The molecule has 114 valence electrons. The Labute approximate surface area is 125 Å². The van der Waals surface area contributed by atoms with E-state index in [1.165, 1.54) is 5.56 Å². The van der Waals surface area contributed by atoms with Crippen molar-refractivity contribution in [1.29, 1.82) is 0 Å². The van der Waals surface area contributed by atoms with E-state index in [1.54, 1.807) is 18.9 Å². The summed E-state index contributed by atoms with van der Waals surface area (Å²) in [6.07, 6.45) is -0.651. The lowest BCUT2D eigenvalue weighted by molar-refractivity contribution is 0.113. The van der Waals surface area contributed by atoms with Gasteiger partial charge >= 0.3 is 0 Å². The molecule has 0 radical (unpaired) electrons. The third-order valence-electron chi connectivity index (χ3n) is 3.02. The Morgan fingerprint density at radius 3 is 2.70 bits per heavy atom. The number of aliphatic hydroxyl groups excluding tert-OH is 2. The minimum Gasteiger partial charge on any atom is -0.496 e. The first-order valence-corrected chi connectivity index (χ1v) is 8.02. The molecule has 2 unspecified atom stereocenters. The molecule has 1 rings (SSSR count). The number of thioether (sulfide) groups is 1. The molecule has 0 aromatic heterocycles. The van der Waals surface area contributed by atoms with Crippen LogP contribution in [0, 0.1) is 6.92 Å². The van der Waals surface area contributed by atoms with Crippen LogP contribution in [-0.2, 0) is 0 Å². The van der Waals surface area contributed by atoms with Crippen molar-refractivity contribution in [2.24, 2.45) is 0 Å². The average molecular weight is 299 g/mol. The van der Waals surface area contributed by atoms with Crippen molar-refractivity contribution < 1.29 is 14.9 Å². The SMILES string of the molecule is CCNC(CSCC(O)CO)c1cc(C)ccc1OC. The summed E-state index contributed by atoms with van der Waals surface area (Å²) in [7, 11) is 1.68. The maximum atomic E-state index is 9.40. The van der Waals surface area contributed by atoms with E-state index in [0.29, 0.717) is 5.75 Å². The fourth-order valence-electron chi connectivity index (χ4n) is 2.01. The molecule has 0 aliphatic carbocycles. The van der Waals surface area contributed by atoms with Gasteiger partial charge < -0.3 is 20.3 Å². The summed E-state index contributed by atoms with van der Waals surface area (Å²) in [6.45, 7) is 4.81. The van der Waals surface area contributed by atoms with Crippen LogP contribution in [-0.4, -0.2) is 48.1 Å². The Morgan fingerprint density at radius 1 is 1.35 bits per heavy atom. The smallest absolute Gasteiger partial charge is 0.123 e. The molecule has 0 spiro atoms. The minimum absolute atomic E-state index is 0.172. The van der Waals surface area contributed by atoms with Gasteiger partial charge in [0.2, 0.25) is 0 Å². The van der Waals surface area contributed by atoms with Gasteiger partial charge in [0, 0.05) is 23.1 Å². The third-order valence-corrected chi connectivity index (χ3v) is 4.21. The summed E-state index contributed by atoms with van der Waals surface area (Å²) in [5.41, 5.74) is 2.34. The van der Waals surface area contributed by atoms with Crippen molar-refractivity contribution in [2.45, 2.75) is 26.0 Å². The van der Waals surface area contributed by atoms with E-state index >= 15 is 0 Å². The Balaban J connectivity index is 2.76. The van der Waals surface area contributed by atoms with E-state index in [1.807, 2.05) is 12.1 Å². The van der Waals surface area contributed by atoms with Crippen LogP contribution in [0.4, 0.5) is 0 Å². The predicted molar refractivity (Wildman–Crippen MR) is 84.6 cm³/mol. The van der Waals surface area contributed by atoms with E-state index in [0.717, 1.165) is 23.6 Å². The predicted octanol–water partition coefficient (Wildman–Crippen LogP) is 1.74. The molecule has 0 amide bonds. The summed E-state index contributed by atoms with van der Waals surface area (Å²) >= 11 is 1.63. The quantitative estimate of drug-likeness (QED) is 0.648. The normalized spacial score (nSPS) is 14.1. The van der Waals surface area contributed by atoms with Gasteiger partial charge in [0.1, 0.15) is 5.75 Å². The zero-order chi connectivity index (χ0) is 15.0. The van der Waals surface area contributed by atoms with Gasteiger partial charge in [-0.05, 0) is 19.5 Å². The molecule has 0 aliphatic rings. The highest BCUT2D eigenvalue weighted by molar-refractivity contribution is 7.99. The standard InChI is InChI=1S/C15H25NO3S/c1-4-16-14(10-20-9-12(18)8-17)13-7-11(2)5-6-15(13)19-3/h5-7,12,14,16-18H,4,8-10H2,1-3H3. The summed E-state index contributed by atoms with van der Waals surface area (Å²) in [5, 5.41) is 21.7. The Bertz CT molecular complexity index is 401. The van der Waals surface area contributed by atoms with Crippen LogP contribution in [0.5, 0.6) is 5.75 Å². The van der Waals surface area contributed by atoms with Gasteiger partial charge in [-0.3, -0.25) is 0 Å². The van der Waals surface area contributed by atoms with E-state index < -0.39 is 6.10 Å². The Hall–Kier alpha value is -0.750. The molecule has 0 saturated heterocycles. The minimum atomic E-state index is -0.651. The van der Waals surface area contributed by atoms with E-state index in [2.05, 4.69) is 25.2 Å². The lowest BCUT2D eigenvalue weighted by Gasteiger charge is -2.21. The van der Waals surface area contributed by atoms with Crippen LogP contribution < -0.4 is 10.1 Å². The fourth-order valence-corrected chi connectivity index (χ4v) is 3.05. The molecule has 0 saturated carbocycles. The van der Waals surface area contributed by atoms with E-state index in [4.69, 9.17) is 9.84 Å². The van der Waals surface area contributed by atoms with Gasteiger partial charge in [-0.2, -0.15) is 11.8 Å². The van der Waals surface area contributed by atoms with Crippen molar-refractivity contribution >= 4 is 11.8 Å². The van der Waals surface area contributed by atoms with Crippen molar-refractivity contribution in [3.05, 3.63) is 29.3 Å². The van der Waals surface area contributed by atoms with Gasteiger partial charge in [0.05, 0.1) is 19.8 Å². The second-order valence-corrected chi connectivity index (χ2v) is 5.80. The first kappa shape index (κ1) is 17.3. The van der Waals surface area contributed by atoms with Crippen molar-refractivity contribution in [3.63, 3.8) is 0 Å². The summed E-state index contributed by atoms with van der Waals surface area (Å²) < 4.78 is 5.44. The Kier molecular flexibility index (Phi) is 7.99. The number of nitrogens with one attached hydrogen (secondary N) is 1. The van der Waals surface area contributed by atoms with Crippen LogP contribution >= 0.6 is 11.8 Å². The number of benzene rings is 1. The van der Waals surface area contributed by atoms with Crippen LogP contribution in [0.1, 0.15) is 24.1 Å². The molecular formula is C15H25NO3S. The summed E-state index contributed by atoms with van der Waals surface area (Å²) in [4.78, 5) is 0. The van der Waals surface area contributed by atoms with Crippen LogP contribution in [0.3, 0.4) is 0 Å². The molecule has 1 aromatic rings. The van der Waals surface area contributed by atoms with Crippen LogP contribution in [0.2, 0.25) is 0 Å². The fraction of sp³-hybridized carbons (Fsp3) is 0.600. The van der Waals surface area contributed by atoms with Crippen molar-refractivity contribution in [3.8, 4) is 5.75 Å². The lowest BCUT2D eigenvalue weighted by Crippen LogP contribution is -2.25. The van der Waals surface area contributed by atoms with Crippen molar-refractivity contribution in [2.75, 3.05) is 31.8 Å². The zero-order valence-electron chi connectivity index (χ0n) is 12.4. The highest BCUT2D eigenvalue weighted by Crippen LogP contribution is 2.28. The van der Waals surface area contributed by atoms with Crippen LogP contribution in [0.15, 0.2) is 18.2 Å². The lowest BCUT2D eigenvalue weighted by atomic mass is 10.0. The molecule has 20 heavy (non-hydrogen) atoms. The molecule has 0 bridgehead atoms. The number of aliphatic hydroxyl groups is 2. The van der Waals surface area contributed by atoms with Gasteiger partial charge in [-0.1, -0.05) is 24.6 Å². The number of rotatable bonds is 9. The second kappa shape index (κ2) is 9.23.